The number of ether oxygens (including phenoxy) is 1. The molecule has 0 unspecified atom stereocenters. The molecule has 47 heavy (non-hydrogen) atoms. The Labute approximate surface area is 266 Å². The van der Waals surface area contributed by atoms with E-state index in [0.29, 0.717) is 12.5 Å². The number of hydrogen-bond acceptors (Lipinski definition) is 7. The van der Waals surface area contributed by atoms with Crippen molar-refractivity contribution in [3.8, 4) is 5.75 Å². The van der Waals surface area contributed by atoms with E-state index in [9.17, 15) is 45.9 Å². The lowest BCUT2D eigenvalue weighted by Gasteiger charge is -2.36. The van der Waals surface area contributed by atoms with E-state index in [1.165, 1.54) is 18.1 Å². The number of methoxy groups -OCH3 is 1. The van der Waals surface area contributed by atoms with Crippen LogP contribution in [0, 0.1) is 29.0 Å². The van der Waals surface area contributed by atoms with E-state index >= 15 is 4.39 Å². The summed E-state index contributed by atoms with van der Waals surface area (Å²) in [5.74, 6) is -5.88. The highest BCUT2D eigenvalue weighted by molar-refractivity contribution is 7.92. The molecular weight excluding hydrogens is 650 g/mol. The highest BCUT2D eigenvalue weighted by Crippen LogP contribution is 2.45. The number of allylic oxidation sites excluding steroid dienone is 1. The van der Waals surface area contributed by atoms with Crippen molar-refractivity contribution >= 4 is 39.2 Å². The molecule has 2 fully saturated rings. The Morgan fingerprint density at radius 1 is 1.02 bits per heavy atom. The number of nitrogens with one attached hydrogen (secondary N) is 2. The summed E-state index contributed by atoms with van der Waals surface area (Å²) in [6.45, 7) is 1.70. The van der Waals surface area contributed by atoms with Gasteiger partial charge in [0.2, 0.25) is 5.91 Å². The number of halogens is 4. The van der Waals surface area contributed by atoms with Crippen LogP contribution in [0.5, 0.6) is 5.75 Å². The number of likely N-dealkylation sites (tertiary alicyclic amines) is 1. The average molecular weight is 682 g/mol. The van der Waals surface area contributed by atoms with Crippen LogP contribution in [0.25, 0.3) is 0 Å². The summed E-state index contributed by atoms with van der Waals surface area (Å²) in [5.41, 5.74) is -7.38. The molecule has 0 aromatic heterocycles. The Morgan fingerprint density at radius 2 is 1.68 bits per heavy atom. The number of sulfone groups is 1. The van der Waals surface area contributed by atoms with Crippen LogP contribution in [0.15, 0.2) is 53.4 Å². The van der Waals surface area contributed by atoms with Crippen LogP contribution in [0.1, 0.15) is 46.9 Å². The molecule has 3 amide bonds. The van der Waals surface area contributed by atoms with Crippen molar-refractivity contribution in [2.24, 2.45) is 23.2 Å². The monoisotopic (exact) mass is 681 g/mol. The van der Waals surface area contributed by atoms with Crippen LogP contribution in [0.3, 0.4) is 0 Å². The fourth-order valence-electron chi connectivity index (χ4n) is 6.36. The first kappa shape index (κ1) is 33.9. The summed E-state index contributed by atoms with van der Waals surface area (Å²) in [5, 5.41) is 14.7. The molecule has 252 valence electrons. The largest absolute Gasteiger partial charge is 0.501 e. The van der Waals surface area contributed by atoms with E-state index in [2.05, 4.69) is 10.6 Å². The van der Waals surface area contributed by atoms with Crippen molar-refractivity contribution in [2.45, 2.75) is 42.6 Å². The predicted octanol–water partition coefficient (Wildman–Crippen LogP) is 4.01. The summed E-state index contributed by atoms with van der Waals surface area (Å²) in [6.07, 6.45) is 4.38. The lowest BCUT2D eigenvalue weighted by Crippen LogP contribution is -2.47. The number of carboxylic acid groups (broad SMARTS) is 1. The Kier molecular flexibility index (Phi) is 8.85. The van der Waals surface area contributed by atoms with E-state index < -0.39 is 72.7 Å². The summed E-state index contributed by atoms with van der Waals surface area (Å²) >= 11 is 0. The minimum absolute atomic E-state index is 0.0634. The Bertz CT molecular complexity index is 1770. The maximum atomic E-state index is 15.1. The Morgan fingerprint density at radius 3 is 2.30 bits per heavy atom. The number of hydrogen-bond donors (Lipinski definition) is 3. The maximum Gasteiger partial charge on any atom is 0.501 e. The lowest BCUT2D eigenvalue weighted by atomic mass is 9.80. The van der Waals surface area contributed by atoms with Crippen LogP contribution < -0.4 is 15.4 Å². The molecule has 2 aromatic carbocycles. The number of anilines is 1. The van der Waals surface area contributed by atoms with Crippen molar-refractivity contribution in [2.75, 3.05) is 25.5 Å². The zero-order chi connectivity index (χ0) is 34.5. The van der Waals surface area contributed by atoms with Gasteiger partial charge in [-0.25, -0.2) is 12.8 Å². The van der Waals surface area contributed by atoms with Crippen LogP contribution in [-0.2, 0) is 19.4 Å². The molecule has 1 aliphatic heterocycles. The Balaban J connectivity index is 1.35. The molecule has 4 atom stereocenters. The molecule has 5 rings (SSSR count). The van der Waals surface area contributed by atoms with E-state index in [4.69, 9.17) is 4.74 Å². The number of alkyl halides is 3. The summed E-state index contributed by atoms with van der Waals surface area (Å²) < 4.78 is 83.3. The fourth-order valence-corrected chi connectivity index (χ4v) is 7.17. The van der Waals surface area contributed by atoms with Gasteiger partial charge in [-0.3, -0.25) is 19.2 Å². The second-order valence-corrected chi connectivity index (χ2v) is 14.1. The van der Waals surface area contributed by atoms with Crippen LogP contribution >= 0.6 is 0 Å². The molecule has 2 aromatic rings. The van der Waals surface area contributed by atoms with Gasteiger partial charge >= 0.3 is 11.5 Å². The summed E-state index contributed by atoms with van der Waals surface area (Å²) in [7, 11) is -4.46. The van der Waals surface area contributed by atoms with Crippen molar-refractivity contribution in [1.29, 1.82) is 0 Å². The van der Waals surface area contributed by atoms with E-state index in [1.54, 1.807) is 13.0 Å². The molecule has 16 heteroatoms. The van der Waals surface area contributed by atoms with Crippen LogP contribution in [0.4, 0.5) is 23.2 Å². The molecule has 2 bridgehead atoms. The molecule has 0 spiro atoms. The quantitative estimate of drug-likeness (QED) is 0.279. The van der Waals surface area contributed by atoms with Crippen molar-refractivity contribution in [1.82, 2.24) is 10.2 Å². The highest BCUT2D eigenvalue weighted by atomic mass is 32.2. The van der Waals surface area contributed by atoms with Gasteiger partial charge in [-0.05, 0) is 62.3 Å². The third-order valence-electron chi connectivity index (χ3n) is 9.21. The minimum Gasteiger partial charge on any atom is -0.496 e. The first-order chi connectivity index (χ1) is 22.0. The van der Waals surface area contributed by atoms with Crippen molar-refractivity contribution in [3.05, 3.63) is 65.5 Å². The van der Waals surface area contributed by atoms with Crippen molar-refractivity contribution < 1.29 is 55.0 Å². The predicted molar refractivity (Wildman–Crippen MR) is 158 cm³/mol. The normalized spacial score (nSPS) is 23.3. The van der Waals surface area contributed by atoms with Gasteiger partial charge in [-0.2, -0.15) is 13.2 Å². The lowest BCUT2D eigenvalue weighted by molar-refractivity contribution is -0.150. The number of benzene rings is 2. The first-order valence-corrected chi connectivity index (χ1v) is 16.1. The molecule has 3 N–H and O–H groups in total. The second-order valence-electron chi connectivity index (χ2n) is 12.1. The molecule has 1 heterocycles. The fraction of sp³-hybridized carbons (Fsp3) is 0.419. The van der Waals surface area contributed by atoms with Gasteiger partial charge in [0.25, 0.3) is 21.7 Å². The maximum absolute atomic E-state index is 15.1. The molecule has 3 aliphatic rings. The first-order valence-electron chi connectivity index (χ1n) is 14.6. The van der Waals surface area contributed by atoms with Gasteiger partial charge in [-0.15, -0.1) is 0 Å². The van der Waals surface area contributed by atoms with Gasteiger partial charge in [0.05, 0.1) is 34.5 Å². The second kappa shape index (κ2) is 12.3. The molecule has 1 saturated carbocycles. The van der Waals surface area contributed by atoms with E-state index in [0.717, 1.165) is 24.3 Å². The SMILES string of the molecule is COc1cc(F)c(C(=O)N2CCC(C)(C(=O)O)CC2)cc1C(=O)N[C@H]1[C@@H](C(=O)Nc2cccc(S(=O)(=O)C(F)(F)F)c2)[C@@H]2C=C[C@H]1C2. The number of carbonyl (C=O) groups excluding carboxylic acids is 3. The molecule has 2 aliphatic carbocycles. The third-order valence-corrected chi connectivity index (χ3v) is 10.7. The zero-order valence-electron chi connectivity index (χ0n) is 25.1. The van der Waals surface area contributed by atoms with Crippen LogP contribution in [-0.4, -0.2) is 73.9 Å². The topological polar surface area (TPSA) is 159 Å². The number of rotatable bonds is 8. The summed E-state index contributed by atoms with van der Waals surface area (Å²) in [6, 6.07) is 4.86. The number of piperidine rings is 1. The van der Waals surface area contributed by atoms with Gasteiger partial charge < -0.3 is 25.4 Å². The van der Waals surface area contributed by atoms with Gasteiger partial charge in [0, 0.05) is 30.9 Å². The zero-order valence-corrected chi connectivity index (χ0v) is 26.0. The molecule has 11 nitrogen and oxygen atoms in total. The summed E-state index contributed by atoms with van der Waals surface area (Å²) in [4.78, 5) is 52.2. The molecular formula is C31H31F4N3O8S. The Hall–Kier alpha value is -4.47. The minimum atomic E-state index is -5.66. The van der Waals surface area contributed by atoms with Crippen LogP contribution in [0.2, 0.25) is 0 Å². The molecule has 0 radical (unpaired) electrons. The average Bonchev–Trinajstić information content (AvgIpc) is 3.62. The van der Waals surface area contributed by atoms with Gasteiger partial charge in [0.15, 0.2) is 0 Å². The standard InChI is InChI=1S/C31H31F4N3O8S/c1-30(29(42)43)8-10-38(11-9-30)28(41)20-14-21(23(46-2)15-22(20)32)26(39)37-25-17-7-6-16(12-17)24(25)27(40)36-18-4-3-5-19(13-18)47(44,45)31(33,34)35/h3-7,13-17,24-25H,8-12H2,1-2H3,(H,36,40)(H,37,39)(H,42,43)/t16-,17+,24+,25-/m1/s1. The highest BCUT2D eigenvalue weighted by Gasteiger charge is 2.50. The van der Waals surface area contributed by atoms with E-state index in [-0.39, 0.29) is 54.8 Å². The molecule has 1 saturated heterocycles. The number of aliphatic carboxylic acids is 1. The smallest absolute Gasteiger partial charge is 0.496 e. The number of nitrogens with zero attached hydrogens (tertiary/aromatic N) is 1. The van der Waals surface area contributed by atoms with Crippen molar-refractivity contribution in [3.63, 3.8) is 0 Å². The number of fused-ring (bicyclic) bond motifs is 2. The number of carboxylic acids is 1. The number of amides is 3. The number of carbonyl (C=O) groups is 4. The van der Waals surface area contributed by atoms with Gasteiger partial charge in [0.1, 0.15) is 11.6 Å². The van der Waals surface area contributed by atoms with E-state index in [1.807, 2.05) is 6.08 Å². The third kappa shape index (κ3) is 6.30. The van der Waals surface area contributed by atoms with Gasteiger partial charge in [-0.1, -0.05) is 18.2 Å².